The summed E-state index contributed by atoms with van der Waals surface area (Å²) in [5.74, 6) is -2.65. The van der Waals surface area contributed by atoms with Crippen LogP contribution in [0.5, 0.6) is 11.5 Å². The smallest absolute Gasteiger partial charge is 0.329 e. The summed E-state index contributed by atoms with van der Waals surface area (Å²) >= 11 is 0. The highest BCUT2D eigenvalue weighted by molar-refractivity contribution is 5.83. The molecule has 0 aromatic heterocycles. The average molecular weight is 494 g/mol. The fourth-order valence-corrected chi connectivity index (χ4v) is 3.41. The van der Waals surface area contributed by atoms with Gasteiger partial charge >= 0.3 is 17.9 Å². The van der Waals surface area contributed by atoms with Crippen molar-refractivity contribution in [1.29, 1.82) is 0 Å². The number of rotatable bonds is 6. The summed E-state index contributed by atoms with van der Waals surface area (Å²) in [5.41, 5.74) is -3.24. The standard InChI is InChI=1S/C26H39NO8/c1-22(2,3)19(28)33-17-13-12-16(14-18(17)34-20(29)23(4,5)6)15-24(7)21(30)35-26(9,32-11)25(8,27-24)31-10/h12-14,27H,15H2,1-11H3/t24-,25-,26+/m1/s1. The van der Waals surface area contributed by atoms with Crippen molar-refractivity contribution in [2.24, 2.45) is 10.8 Å². The van der Waals surface area contributed by atoms with Crippen LogP contribution in [0, 0.1) is 10.8 Å². The van der Waals surface area contributed by atoms with Gasteiger partial charge in [-0.1, -0.05) is 6.07 Å². The Hall–Kier alpha value is -2.49. The van der Waals surface area contributed by atoms with Crippen molar-refractivity contribution >= 4 is 17.9 Å². The number of morpholine rings is 1. The van der Waals surface area contributed by atoms with E-state index in [1.807, 2.05) is 0 Å². The molecule has 0 bridgehead atoms. The van der Waals surface area contributed by atoms with Crippen LogP contribution in [0.3, 0.4) is 0 Å². The van der Waals surface area contributed by atoms with Crippen molar-refractivity contribution < 1.29 is 38.1 Å². The Morgan fingerprint density at radius 1 is 0.886 bits per heavy atom. The number of benzene rings is 1. The van der Waals surface area contributed by atoms with E-state index < -0.39 is 45.8 Å². The number of cyclic esters (lactones) is 1. The van der Waals surface area contributed by atoms with E-state index in [0.717, 1.165) is 0 Å². The maximum Gasteiger partial charge on any atom is 0.329 e. The summed E-state index contributed by atoms with van der Waals surface area (Å²) in [6.45, 7) is 15.4. The molecule has 0 amide bonds. The molecular weight excluding hydrogens is 454 g/mol. The third kappa shape index (κ3) is 6.02. The lowest BCUT2D eigenvalue weighted by Crippen LogP contribution is -2.76. The lowest BCUT2D eigenvalue weighted by molar-refractivity contribution is -0.324. The predicted octanol–water partition coefficient (Wildman–Crippen LogP) is 3.76. The molecule has 2 rings (SSSR count). The molecule has 1 fully saturated rings. The minimum atomic E-state index is -1.35. The molecule has 1 aliphatic heterocycles. The third-order valence-corrected chi connectivity index (χ3v) is 6.11. The topological polar surface area (TPSA) is 109 Å². The van der Waals surface area contributed by atoms with Gasteiger partial charge < -0.3 is 23.7 Å². The summed E-state index contributed by atoms with van der Waals surface area (Å²) < 4.78 is 27.9. The molecule has 3 atom stereocenters. The Labute approximate surface area is 207 Å². The largest absolute Gasteiger partial charge is 0.427 e. The highest BCUT2D eigenvalue weighted by Gasteiger charge is 2.59. The fraction of sp³-hybridized carbons (Fsp3) is 0.654. The number of carbonyl (C=O) groups is 3. The number of methoxy groups -OCH3 is 2. The summed E-state index contributed by atoms with van der Waals surface area (Å²) in [6, 6.07) is 4.84. The van der Waals surface area contributed by atoms with Gasteiger partial charge in [0.25, 0.3) is 5.79 Å². The van der Waals surface area contributed by atoms with Crippen LogP contribution in [0.2, 0.25) is 0 Å². The second kappa shape index (κ2) is 9.52. The van der Waals surface area contributed by atoms with E-state index in [1.165, 1.54) is 14.2 Å². The fourth-order valence-electron chi connectivity index (χ4n) is 3.41. The van der Waals surface area contributed by atoms with E-state index in [-0.39, 0.29) is 17.9 Å². The van der Waals surface area contributed by atoms with E-state index in [9.17, 15) is 14.4 Å². The molecule has 1 aliphatic rings. The lowest BCUT2D eigenvalue weighted by atomic mass is 9.87. The number of esters is 3. The van der Waals surface area contributed by atoms with Gasteiger partial charge in [-0.25, -0.2) is 4.79 Å². The van der Waals surface area contributed by atoms with Gasteiger partial charge in [-0.3, -0.25) is 14.9 Å². The zero-order chi connectivity index (χ0) is 27.0. The minimum absolute atomic E-state index is 0.0871. The summed E-state index contributed by atoms with van der Waals surface area (Å²) in [4.78, 5) is 38.2. The second-order valence-electron chi connectivity index (χ2n) is 11.5. The van der Waals surface area contributed by atoms with Crippen LogP contribution in [0.15, 0.2) is 18.2 Å². The SMILES string of the molecule is CO[C@@]1(C)OC(=O)[C@@](C)(Cc2ccc(OC(=O)C(C)(C)C)c(OC(=O)C(C)(C)C)c2)N[C@]1(C)OC. The maximum atomic E-state index is 13.0. The average Bonchev–Trinajstić information content (AvgIpc) is 2.72. The van der Waals surface area contributed by atoms with Gasteiger partial charge in [0.05, 0.1) is 10.8 Å². The van der Waals surface area contributed by atoms with E-state index >= 15 is 0 Å². The molecule has 1 saturated heterocycles. The van der Waals surface area contributed by atoms with E-state index in [1.54, 1.807) is 80.5 Å². The molecule has 0 spiro atoms. The van der Waals surface area contributed by atoms with Crippen LogP contribution >= 0.6 is 0 Å². The number of hydrogen-bond acceptors (Lipinski definition) is 9. The Balaban J connectivity index is 2.45. The van der Waals surface area contributed by atoms with Crippen molar-refractivity contribution in [2.45, 2.75) is 85.8 Å². The molecule has 196 valence electrons. The van der Waals surface area contributed by atoms with E-state index in [4.69, 9.17) is 23.7 Å². The molecule has 1 N–H and O–H groups in total. The molecule has 1 aromatic rings. The second-order valence-corrected chi connectivity index (χ2v) is 11.5. The monoisotopic (exact) mass is 493 g/mol. The Morgan fingerprint density at radius 2 is 1.40 bits per heavy atom. The first kappa shape index (κ1) is 28.7. The van der Waals surface area contributed by atoms with Gasteiger partial charge in [-0.05, 0) is 73.1 Å². The third-order valence-electron chi connectivity index (χ3n) is 6.11. The van der Waals surface area contributed by atoms with Gasteiger partial charge in [0.1, 0.15) is 5.54 Å². The van der Waals surface area contributed by atoms with Crippen LogP contribution in [0.1, 0.15) is 67.9 Å². The quantitative estimate of drug-likeness (QED) is 0.468. The highest BCUT2D eigenvalue weighted by atomic mass is 16.7. The lowest BCUT2D eigenvalue weighted by Gasteiger charge is -2.52. The summed E-state index contributed by atoms with van der Waals surface area (Å²) in [7, 11) is 2.93. The van der Waals surface area contributed by atoms with Crippen molar-refractivity contribution in [1.82, 2.24) is 5.32 Å². The number of hydrogen-bond donors (Lipinski definition) is 1. The molecule has 0 radical (unpaired) electrons. The van der Waals surface area contributed by atoms with E-state index in [0.29, 0.717) is 5.56 Å². The van der Waals surface area contributed by atoms with Crippen LogP contribution in [-0.4, -0.2) is 49.2 Å². The molecule has 0 saturated carbocycles. The van der Waals surface area contributed by atoms with E-state index in [2.05, 4.69) is 5.32 Å². The molecule has 1 aromatic carbocycles. The molecule has 35 heavy (non-hydrogen) atoms. The van der Waals surface area contributed by atoms with Crippen molar-refractivity contribution in [3.05, 3.63) is 23.8 Å². The normalized spacial score (nSPS) is 27.2. The Bertz CT molecular complexity index is 992. The van der Waals surface area contributed by atoms with Crippen LogP contribution < -0.4 is 14.8 Å². The van der Waals surface area contributed by atoms with Gasteiger partial charge in [-0.15, -0.1) is 0 Å². The Morgan fingerprint density at radius 3 is 1.86 bits per heavy atom. The molecule has 0 aliphatic carbocycles. The zero-order valence-electron chi connectivity index (χ0n) is 22.7. The Kier molecular flexibility index (Phi) is 7.82. The van der Waals surface area contributed by atoms with Gasteiger partial charge in [-0.2, -0.15) is 0 Å². The first-order valence-corrected chi connectivity index (χ1v) is 11.5. The predicted molar refractivity (Wildman–Crippen MR) is 129 cm³/mol. The molecule has 0 unspecified atom stereocenters. The number of ether oxygens (including phenoxy) is 5. The number of carbonyl (C=O) groups excluding carboxylic acids is 3. The molecule has 1 heterocycles. The van der Waals surface area contributed by atoms with Crippen molar-refractivity contribution in [3.8, 4) is 11.5 Å². The highest BCUT2D eigenvalue weighted by Crippen LogP contribution is 2.38. The van der Waals surface area contributed by atoms with Gasteiger partial charge in [0, 0.05) is 27.6 Å². The van der Waals surface area contributed by atoms with Gasteiger partial charge in [0.15, 0.2) is 17.2 Å². The van der Waals surface area contributed by atoms with Crippen LogP contribution in [0.4, 0.5) is 0 Å². The first-order chi connectivity index (χ1) is 15.8. The molecule has 9 nitrogen and oxygen atoms in total. The maximum absolute atomic E-state index is 13.0. The van der Waals surface area contributed by atoms with Crippen LogP contribution in [-0.2, 0) is 35.0 Å². The minimum Gasteiger partial charge on any atom is -0.427 e. The molecular formula is C26H39NO8. The first-order valence-electron chi connectivity index (χ1n) is 11.5. The van der Waals surface area contributed by atoms with Crippen molar-refractivity contribution in [2.75, 3.05) is 14.2 Å². The zero-order valence-corrected chi connectivity index (χ0v) is 22.7. The van der Waals surface area contributed by atoms with Crippen molar-refractivity contribution in [3.63, 3.8) is 0 Å². The number of nitrogens with one attached hydrogen (secondary N) is 1. The summed E-state index contributed by atoms with van der Waals surface area (Å²) in [6.07, 6.45) is 0.165. The summed E-state index contributed by atoms with van der Waals surface area (Å²) in [5, 5.41) is 3.23. The molecule has 9 heteroatoms. The van der Waals surface area contributed by atoms with Gasteiger partial charge in [0.2, 0.25) is 0 Å². The van der Waals surface area contributed by atoms with Crippen LogP contribution in [0.25, 0.3) is 0 Å².